The molecule has 1 heterocycles. The number of carbonyl (C=O) groups is 1. The fourth-order valence-corrected chi connectivity index (χ4v) is 2.98. The van der Waals surface area contributed by atoms with Gasteiger partial charge >= 0.3 is 6.61 Å². The molecule has 3 nitrogen and oxygen atoms in total. The lowest BCUT2D eigenvalue weighted by molar-refractivity contribution is -0.0498. The number of alkyl halides is 2. The summed E-state index contributed by atoms with van der Waals surface area (Å²) in [7, 11) is 0. The van der Waals surface area contributed by atoms with Crippen molar-refractivity contribution in [3.63, 3.8) is 0 Å². The summed E-state index contributed by atoms with van der Waals surface area (Å²) >= 11 is 11.9. The van der Waals surface area contributed by atoms with Crippen LogP contribution in [0, 0.1) is 0 Å². The van der Waals surface area contributed by atoms with Crippen LogP contribution >= 0.6 is 23.2 Å². The van der Waals surface area contributed by atoms with Crippen LogP contribution in [0.3, 0.4) is 0 Å². The van der Waals surface area contributed by atoms with Gasteiger partial charge in [-0.3, -0.25) is 4.79 Å². The van der Waals surface area contributed by atoms with E-state index in [9.17, 15) is 13.6 Å². The van der Waals surface area contributed by atoms with E-state index in [0.29, 0.717) is 22.7 Å². The first-order valence-electron chi connectivity index (χ1n) is 6.75. The van der Waals surface area contributed by atoms with Gasteiger partial charge in [0.15, 0.2) is 0 Å². The zero-order valence-electron chi connectivity index (χ0n) is 11.7. The number of rotatable bonds is 4. The van der Waals surface area contributed by atoms with Crippen molar-refractivity contribution in [1.29, 1.82) is 0 Å². The number of amides is 1. The second-order valence-electron chi connectivity index (χ2n) is 5.11. The van der Waals surface area contributed by atoms with E-state index in [2.05, 4.69) is 4.74 Å². The summed E-state index contributed by atoms with van der Waals surface area (Å²) in [6.45, 7) is -2.27. The Morgan fingerprint density at radius 3 is 2.52 bits per heavy atom. The minimum atomic E-state index is -2.94. The number of nitrogens with zero attached hydrogens (tertiary/aromatic N) is 1. The van der Waals surface area contributed by atoms with Gasteiger partial charge in [-0.2, -0.15) is 8.78 Å². The van der Waals surface area contributed by atoms with Crippen LogP contribution in [0.2, 0.25) is 10.0 Å². The maximum atomic E-state index is 12.4. The molecule has 23 heavy (non-hydrogen) atoms. The molecule has 0 atom stereocenters. The fraction of sp³-hybridized carbons (Fsp3) is 0.188. The standard InChI is InChI=1S/C16H11Cl2F2NO2/c17-11-3-1-9(2-4-11)7-21-8-10-5-12(23-16(19)20)6-13(18)14(10)15(21)22/h1-6,16H,7-8H2. The average Bonchev–Trinajstić information content (AvgIpc) is 2.77. The maximum absolute atomic E-state index is 12.4. The molecule has 0 spiro atoms. The number of hydrogen-bond donors (Lipinski definition) is 0. The van der Waals surface area contributed by atoms with Gasteiger partial charge in [0, 0.05) is 18.1 Å². The molecule has 0 aliphatic carbocycles. The topological polar surface area (TPSA) is 29.5 Å². The summed E-state index contributed by atoms with van der Waals surface area (Å²) in [5.74, 6) is -0.284. The minimum absolute atomic E-state index is 0.0510. The Bertz CT molecular complexity index is 750. The Hall–Kier alpha value is -1.85. The van der Waals surface area contributed by atoms with E-state index in [1.807, 2.05) is 12.1 Å². The molecule has 0 fully saturated rings. The van der Waals surface area contributed by atoms with Crippen LogP contribution in [0.1, 0.15) is 21.5 Å². The van der Waals surface area contributed by atoms with Crippen LogP contribution in [0.15, 0.2) is 36.4 Å². The van der Waals surface area contributed by atoms with Crippen LogP contribution in [-0.4, -0.2) is 17.4 Å². The maximum Gasteiger partial charge on any atom is 0.387 e. The lowest BCUT2D eigenvalue weighted by Crippen LogP contribution is -2.23. The molecular formula is C16H11Cl2F2NO2. The quantitative estimate of drug-likeness (QED) is 0.789. The van der Waals surface area contributed by atoms with E-state index in [-0.39, 0.29) is 23.2 Å². The highest BCUT2D eigenvalue weighted by Crippen LogP contribution is 2.34. The van der Waals surface area contributed by atoms with Crippen LogP contribution in [-0.2, 0) is 13.1 Å². The third-order valence-electron chi connectivity index (χ3n) is 3.52. The lowest BCUT2D eigenvalue weighted by Gasteiger charge is -2.15. The smallest absolute Gasteiger partial charge is 0.387 e. The first kappa shape index (κ1) is 16.0. The summed E-state index contributed by atoms with van der Waals surface area (Å²) in [4.78, 5) is 14.0. The molecule has 1 aliphatic rings. The molecule has 3 rings (SSSR count). The van der Waals surface area contributed by atoms with Crippen LogP contribution in [0.5, 0.6) is 5.75 Å². The van der Waals surface area contributed by atoms with Crippen molar-refractivity contribution in [2.75, 3.05) is 0 Å². The third kappa shape index (κ3) is 3.41. The molecule has 1 amide bonds. The van der Waals surface area contributed by atoms with Crippen molar-refractivity contribution < 1.29 is 18.3 Å². The van der Waals surface area contributed by atoms with Gasteiger partial charge in [0.25, 0.3) is 5.91 Å². The predicted molar refractivity (Wildman–Crippen MR) is 83.1 cm³/mol. The Balaban J connectivity index is 1.83. The predicted octanol–water partition coefficient (Wildman–Crippen LogP) is 4.75. The number of halogens is 4. The molecule has 0 saturated carbocycles. The molecular weight excluding hydrogens is 347 g/mol. The third-order valence-corrected chi connectivity index (χ3v) is 4.07. The van der Waals surface area contributed by atoms with Gasteiger partial charge < -0.3 is 9.64 Å². The molecule has 0 radical (unpaired) electrons. The highest BCUT2D eigenvalue weighted by Gasteiger charge is 2.30. The number of carbonyl (C=O) groups excluding carboxylic acids is 1. The Morgan fingerprint density at radius 2 is 1.87 bits per heavy atom. The molecule has 0 bridgehead atoms. The first-order chi connectivity index (χ1) is 10.9. The number of hydrogen-bond acceptors (Lipinski definition) is 2. The average molecular weight is 358 g/mol. The monoisotopic (exact) mass is 357 g/mol. The van der Waals surface area contributed by atoms with Gasteiger partial charge in [-0.15, -0.1) is 0 Å². The molecule has 0 aromatic heterocycles. The van der Waals surface area contributed by atoms with Crippen molar-refractivity contribution in [2.24, 2.45) is 0 Å². The molecule has 0 N–H and O–H groups in total. The molecule has 1 aliphatic heterocycles. The summed E-state index contributed by atoms with van der Waals surface area (Å²) in [6.07, 6.45) is 0. The Labute approximate surface area is 141 Å². The Kier molecular flexibility index (Phi) is 4.41. The van der Waals surface area contributed by atoms with Crippen LogP contribution < -0.4 is 4.74 Å². The normalized spacial score (nSPS) is 13.6. The van der Waals surface area contributed by atoms with Crippen molar-refractivity contribution in [3.8, 4) is 5.75 Å². The van der Waals surface area contributed by atoms with E-state index < -0.39 is 6.61 Å². The van der Waals surface area contributed by atoms with Crippen LogP contribution in [0.25, 0.3) is 0 Å². The van der Waals surface area contributed by atoms with E-state index in [1.54, 1.807) is 17.0 Å². The molecule has 0 unspecified atom stereocenters. The molecule has 2 aromatic rings. The number of fused-ring (bicyclic) bond motifs is 1. The zero-order valence-corrected chi connectivity index (χ0v) is 13.2. The highest BCUT2D eigenvalue weighted by atomic mass is 35.5. The van der Waals surface area contributed by atoms with Crippen molar-refractivity contribution in [2.45, 2.75) is 19.7 Å². The second kappa shape index (κ2) is 6.34. The van der Waals surface area contributed by atoms with Crippen molar-refractivity contribution >= 4 is 29.1 Å². The van der Waals surface area contributed by atoms with E-state index in [0.717, 1.165) is 5.56 Å². The van der Waals surface area contributed by atoms with Crippen molar-refractivity contribution in [3.05, 3.63) is 63.1 Å². The minimum Gasteiger partial charge on any atom is -0.435 e. The molecule has 120 valence electrons. The van der Waals surface area contributed by atoms with Gasteiger partial charge in [-0.1, -0.05) is 35.3 Å². The lowest BCUT2D eigenvalue weighted by atomic mass is 10.1. The number of ether oxygens (including phenoxy) is 1. The van der Waals surface area contributed by atoms with Crippen LogP contribution in [0.4, 0.5) is 8.78 Å². The second-order valence-corrected chi connectivity index (χ2v) is 5.95. The molecule has 0 saturated heterocycles. The summed E-state index contributed by atoms with van der Waals surface area (Å²) in [5.41, 5.74) is 1.82. The van der Waals surface area contributed by atoms with Crippen molar-refractivity contribution in [1.82, 2.24) is 4.90 Å². The summed E-state index contributed by atoms with van der Waals surface area (Å²) in [6, 6.07) is 9.79. The Morgan fingerprint density at radius 1 is 1.17 bits per heavy atom. The van der Waals surface area contributed by atoms with Gasteiger partial charge in [-0.05, 0) is 35.4 Å². The van der Waals surface area contributed by atoms with E-state index in [1.165, 1.54) is 12.1 Å². The van der Waals surface area contributed by atoms with E-state index in [4.69, 9.17) is 23.2 Å². The van der Waals surface area contributed by atoms with Gasteiger partial charge in [0.2, 0.25) is 0 Å². The zero-order chi connectivity index (χ0) is 16.6. The highest BCUT2D eigenvalue weighted by molar-refractivity contribution is 6.34. The van der Waals surface area contributed by atoms with Gasteiger partial charge in [0.1, 0.15) is 5.75 Å². The summed E-state index contributed by atoms with van der Waals surface area (Å²) in [5, 5.41) is 0.725. The van der Waals surface area contributed by atoms with Gasteiger partial charge in [-0.25, -0.2) is 0 Å². The first-order valence-corrected chi connectivity index (χ1v) is 7.50. The number of benzene rings is 2. The molecule has 2 aromatic carbocycles. The fourth-order valence-electron chi connectivity index (χ4n) is 2.54. The van der Waals surface area contributed by atoms with Gasteiger partial charge in [0.05, 0.1) is 10.6 Å². The largest absolute Gasteiger partial charge is 0.435 e. The molecule has 7 heteroatoms. The SMILES string of the molecule is O=C1c2c(Cl)cc(OC(F)F)cc2CN1Cc1ccc(Cl)cc1. The summed E-state index contributed by atoms with van der Waals surface area (Å²) < 4.78 is 29.0. The van der Waals surface area contributed by atoms with E-state index >= 15 is 0 Å².